The highest BCUT2D eigenvalue weighted by atomic mass is 16.4. The highest BCUT2D eigenvalue weighted by molar-refractivity contribution is 6.24. The van der Waals surface area contributed by atoms with Gasteiger partial charge in [0.15, 0.2) is 0 Å². The summed E-state index contributed by atoms with van der Waals surface area (Å²) in [5, 5.41) is 14.3. The number of carbonyl (C=O) groups excluding carboxylic acids is 3. The SMILES string of the molecule is Cc1cccnc1CN1CCC2(NC(=O)N(c3ccc(-c4ccccc4)cc3)C2=O)C(C(=O)NCC(=O)O)C1. The van der Waals surface area contributed by atoms with Crippen molar-refractivity contribution < 1.29 is 24.3 Å². The van der Waals surface area contributed by atoms with E-state index in [1.807, 2.05) is 66.4 Å². The fourth-order valence-electron chi connectivity index (χ4n) is 5.31. The van der Waals surface area contributed by atoms with Gasteiger partial charge in [-0.15, -0.1) is 0 Å². The molecular weight excluding hydrogens is 498 g/mol. The molecule has 2 aliphatic rings. The van der Waals surface area contributed by atoms with Crippen LogP contribution in [0.5, 0.6) is 0 Å². The molecule has 3 aromatic rings. The van der Waals surface area contributed by atoms with Crippen molar-refractivity contribution in [2.24, 2.45) is 5.92 Å². The average molecular weight is 528 g/mol. The van der Waals surface area contributed by atoms with Gasteiger partial charge in [0.05, 0.1) is 17.3 Å². The Kier molecular flexibility index (Phi) is 7.12. The molecule has 2 unspecified atom stereocenters. The van der Waals surface area contributed by atoms with Crippen molar-refractivity contribution in [2.75, 3.05) is 24.5 Å². The van der Waals surface area contributed by atoms with Crippen molar-refractivity contribution in [1.82, 2.24) is 20.5 Å². The van der Waals surface area contributed by atoms with Crippen LogP contribution in [0.25, 0.3) is 11.1 Å². The van der Waals surface area contributed by atoms with Gasteiger partial charge >= 0.3 is 12.0 Å². The molecule has 2 saturated heterocycles. The van der Waals surface area contributed by atoms with Crippen LogP contribution in [0.1, 0.15) is 17.7 Å². The molecular formula is C29H29N5O5. The number of piperidine rings is 1. The van der Waals surface area contributed by atoms with Gasteiger partial charge in [-0.25, -0.2) is 9.69 Å². The first-order valence-electron chi connectivity index (χ1n) is 12.7. The molecule has 1 spiro atoms. The number of imide groups is 1. The summed E-state index contributed by atoms with van der Waals surface area (Å²) >= 11 is 0. The second-order valence-corrected chi connectivity index (χ2v) is 9.87. The van der Waals surface area contributed by atoms with Crippen LogP contribution in [0.2, 0.25) is 0 Å². The Morgan fingerprint density at radius 2 is 1.77 bits per heavy atom. The van der Waals surface area contributed by atoms with E-state index >= 15 is 0 Å². The molecule has 10 nitrogen and oxygen atoms in total. The molecule has 0 radical (unpaired) electrons. The van der Waals surface area contributed by atoms with Crippen LogP contribution in [0, 0.1) is 12.8 Å². The first-order chi connectivity index (χ1) is 18.8. The normalized spacial score (nSPS) is 21.2. The number of carboxylic acid groups (broad SMARTS) is 1. The summed E-state index contributed by atoms with van der Waals surface area (Å²) < 4.78 is 0. The number of aliphatic carboxylic acids is 1. The lowest BCUT2D eigenvalue weighted by Gasteiger charge is -2.42. The highest BCUT2D eigenvalue weighted by Gasteiger charge is 2.60. The van der Waals surface area contributed by atoms with E-state index < -0.39 is 41.8 Å². The number of likely N-dealkylation sites (tertiary alicyclic amines) is 1. The van der Waals surface area contributed by atoms with Crippen LogP contribution in [0.4, 0.5) is 10.5 Å². The maximum Gasteiger partial charge on any atom is 0.329 e. The molecule has 3 N–H and O–H groups in total. The smallest absolute Gasteiger partial charge is 0.329 e. The van der Waals surface area contributed by atoms with Gasteiger partial charge in [0.1, 0.15) is 12.1 Å². The Balaban J connectivity index is 1.42. The van der Waals surface area contributed by atoms with E-state index in [4.69, 9.17) is 5.11 Å². The zero-order valence-corrected chi connectivity index (χ0v) is 21.5. The molecule has 3 heterocycles. The number of aromatic nitrogens is 1. The lowest BCUT2D eigenvalue weighted by atomic mass is 9.76. The topological polar surface area (TPSA) is 132 Å². The minimum Gasteiger partial charge on any atom is -0.480 e. The lowest BCUT2D eigenvalue weighted by Crippen LogP contribution is -2.65. The molecule has 39 heavy (non-hydrogen) atoms. The maximum atomic E-state index is 13.9. The number of amides is 4. The maximum absolute atomic E-state index is 13.9. The van der Waals surface area contributed by atoms with Crippen LogP contribution < -0.4 is 15.5 Å². The zero-order chi connectivity index (χ0) is 27.6. The minimum absolute atomic E-state index is 0.147. The second kappa shape index (κ2) is 10.7. The lowest BCUT2D eigenvalue weighted by molar-refractivity contribution is -0.141. The number of carbonyl (C=O) groups is 4. The molecule has 2 aliphatic heterocycles. The predicted molar refractivity (Wildman–Crippen MR) is 144 cm³/mol. The Morgan fingerprint density at radius 3 is 2.46 bits per heavy atom. The second-order valence-electron chi connectivity index (χ2n) is 9.87. The molecule has 0 aliphatic carbocycles. The van der Waals surface area contributed by atoms with Gasteiger partial charge in [0.25, 0.3) is 5.91 Å². The van der Waals surface area contributed by atoms with Gasteiger partial charge < -0.3 is 15.7 Å². The van der Waals surface area contributed by atoms with Crippen molar-refractivity contribution in [3.8, 4) is 11.1 Å². The summed E-state index contributed by atoms with van der Waals surface area (Å²) in [6, 6.07) is 20.0. The van der Waals surface area contributed by atoms with Gasteiger partial charge in [0, 0.05) is 25.8 Å². The molecule has 2 atom stereocenters. The molecule has 0 saturated carbocycles. The van der Waals surface area contributed by atoms with Crippen molar-refractivity contribution in [2.45, 2.75) is 25.4 Å². The summed E-state index contributed by atoms with van der Waals surface area (Å²) in [4.78, 5) is 59.1. The average Bonchev–Trinajstić information content (AvgIpc) is 3.19. The Morgan fingerprint density at radius 1 is 1.05 bits per heavy atom. The number of hydrogen-bond acceptors (Lipinski definition) is 6. The van der Waals surface area contributed by atoms with Gasteiger partial charge in [-0.1, -0.05) is 48.5 Å². The number of pyridine rings is 1. The summed E-state index contributed by atoms with van der Waals surface area (Å²) in [5.74, 6) is -3.32. The minimum atomic E-state index is -1.49. The first-order valence-corrected chi connectivity index (χ1v) is 12.7. The Bertz CT molecular complexity index is 1410. The van der Waals surface area contributed by atoms with Crippen molar-refractivity contribution in [1.29, 1.82) is 0 Å². The van der Waals surface area contributed by atoms with Crippen molar-refractivity contribution in [3.63, 3.8) is 0 Å². The van der Waals surface area contributed by atoms with E-state index in [2.05, 4.69) is 15.6 Å². The third-order valence-corrected chi connectivity index (χ3v) is 7.43. The number of carboxylic acids is 1. The van der Waals surface area contributed by atoms with Crippen LogP contribution >= 0.6 is 0 Å². The van der Waals surface area contributed by atoms with Crippen LogP contribution in [0.3, 0.4) is 0 Å². The fourth-order valence-corrected chi connectivity index (χ4v) is 5.31. The molecule has 0 bridgehead atoms. The third-order valence-electron chi connectivity index (χ3n) is 7.43. The predicted octanol–water partition coefficient (Wildman–Crippen LogP) is 2.57. The van der Waals surface area contributed by atoms with Crippen molar-refractivity contribution in [3.05, 3.63) is 84.2 Å². The molecule has 1 aromatic heterocycles. The first kappa shape index (κ1) is 26.1. The van der Waals surface area contributed by atoms with Gasteiger partial charge in [-0.05, 0) is 48.2 Å². The molecule has 4 amide bonds. The summed E-state index contributed by atoms with van der Waals surface area (Å²) in [6.07, 6.45) is 1.89. The number of hydrogen-bond donors (Lipinski definition) is 3. The summed E-state index contributed by atoms with van der Waals surface area (Å²) in [6.45, 7) is 2.40. The molecule has 2 aromatic carbocycles. The summed E-state index contributed by atoms with van der Waals surface area (Å²) in [5.41, 5.74) is 2.69. The van der Waals surface area contributed by atoms with E-state index in [1.54, 1.807) is 18.3 Å². The molecule has 10 heteroatoms. The standard InChI is InChI=1S/C29H29N5O5/c1-19-6-5-14-30-24(19)18-33-15-13-29(23(17-33)26(37)31-16-25(35)36)27(38)34(28(39)32-29)22-11-9-21(10-12-22)20-7-3-2-4-8-20/h2-12,14,23H,13,15-18H2,1H3,(H,31,37)(H,32,39)(H,35,36). The highest BCUT2D eigenvalue weighted by Crippen LogP contribution is 2.37. The monoisotopic (exact) mass is 527 g/mol. The Labute approximate surface area is 225 Å². The van der Waals surface area contributed by atoms with Gasteiger partial charge in [-0.2, -0.15) is 0 Å². The van der Waals surface area contributed by atoms with E-state index in [1.165, 1.54) is 0 Å². The number of nitrogens with zero attached hydrogens (tertiary/aromatic N) is 3. The summed E-state index contributed by atoms with van der Waals surface area (Å²) in [7, 11) is 0. The molecule has 2 fully saturated rings. The number of nitrogens with one attached hydrogen (secondary N) is 2. The quantitative estimate of drug-likeness (QED) is 0.403. The van der Waals surface area contributed by atoms with E-state index in [-0.39, 0.29) is 13.0 Å². The Hall–Kier alpha value is -4.57. The van der Waals surface area contributed by atoms with Gasteiger partial charge in [0.2, 0.25) is 5.91 Å². The zero-order valence-electron chi connectivity index (χ0n) is 21.5. The van der Waals surface area contributed by atoms with Crippen LogP contribution in [-0.4, -0.2) is 64.0 Å². The van der Waals surface area contributed by atoms with E-state index in [0.717, 1.165) is 27.3 Å². The number of benzene rings is 2. The molecule has 200 valence electrons. The van der Waals surface area contributed by atoms with Gasteiger partial charge in [-0.3, -0.25) is 24.3 Å². The number of anilines is 1. The van der Waals surface area contributed by atoms with Crippen LogP contribution in [-0.2, 0) is 20.9 Å². The fraction of sp³-hybridized carbons (Fsp3) is 0.276. The largest absolute Gasteiger partial charge is 0.480 e. The van der Waals surface area contributed by atoms with E-state index in [9.17, 15) is 19.2 Å². The third kappa shape index (κ3) is 5.10. The van der Waals surface area contributed by atoms with Crippen molar-refractivity contribution >= 4 is 29.5 Å². The number of urea groups is 1. The van der Waals surface area contributed by atoms with Crippen LogP contribution in [0.15, 0.2) is 72.9 Å². The number of aryl methyl sites for hydroxylation is 1. The number of rotatable bonds is 7. The van der Waals surface area contributed by atoms with E-state index in [0.29, 0.717) is 18.8 Å². The molecule has 5 rings (SSSR count).